The van der Waals surface area contributed by atoms with Crippen LogP contribution < -0.4 is 4.90 Å². The van der Waals surface area contributed by atoms with Gasteiger partial charge in [-0.3, -0.25) is 4.90 Å². The molecule has 0 amide bonds. The zero-order valence-electron chi connectivity index (χ0n) is 15.6. The molecule has 1 unspecified atom stereocenters. The van der Waals surface area contributed by atoms with Crippen LogP contribution >= 0.6 is 0 Å². The molecule has 1 spiro atoms. The lowest BCUT2D eigenvalue weighted by Gasteiger charge is -2.41. The van der Waals surface area contributed by atoms with Crippen molar-refractivity contribution in [2.75, 3.05) is 31.1 Å². The van der Waals surface area contributed by atoms with Crippen molar-refractivity contribution in [2.45, 2.75) is 46.6 Å². The monoisotopic (exact) mass is 340 g/mol. The Bertz CT molecular complexity index is 719. The molecular weight excluding hydrogens is 312 g/mol. The van der Waals surface area contributed by atoms with Crippen LogP contribution in [0.1, 0.15) is 42.0 Å². The maximum atomic E-state index is 5.88. The van der Waals surface area contributed by atoms with Crippen LogP contribution in [0.4, 0.5) is 5.82 Å². The highest BCUT2D eigenvalue weighted by molar-refractivity contribution is 5.38. The third kappa shape index (κ3) is 3.43. The van der Waals surface area contributed by atoms with E-state index in [9.17, 15) is 0 Å². The lowest BCUT2D eigenvalue weighted by atomic mass is 9.79. The summed E-state index contributed by atoms with van der Waals surface area (Å²) in [5.74, 6) is 3.18. The van der Waals surface area contributed by atoms with E-state index in [1.165, 1.54) is 24.8 Å². The number of hydrogen-bond donors (Lipinski definition) is 0. The molecule has 2 saturated heterocycles. The van der Waals surface area contributed by atoms with Crippen molar-refractivity contribution < 1.29 is 4.42 Å². The van der Waals surface area contributed by atoms with Crippen molar-refractivity contribution in [3.63, 3.8) is 0 Å². The van der Waals surface area contributed by atoms with E-state index in [1.54, 1.807) is 0 Å². The number of furan rings is 1. The number of aryl methyl sites for hydroxylation is 3. The van der Waals surface area contributed by atoms with Crippen LogP contribution in [0.5, 0.6) is 0 Å². The standard InChI is InChI=1S/C20H28N4O/c1-15-11-18(25-17(15)3)12-23-10-8-20(13-23)7-4-9-24(14-20)19-6-5-16(2)21-22-19/h5-6,11H,4,7-10,12-14H2,1-3H3. The van der Waals surface area contributed by atoms with Gasteiger partial charge in [0.1, 0.15) is 11.5 Å². The van der Waals surface area contributed by atoms with E-state index in [1.807, 2.05) is 13.8 Å². The predicted molar refractivity (Wildman–Crippen MR) is 98.7 cm³/mol. The van der Waals surface area contributed by atoms with Gasteiger partial charge >= 0.3 is 0 Å². The summed E-state index contributed by atoms with van der Waals surface area (Å²) < 4.78 is 5.88. The third-order valence-electron chi connectivity index (χ3n) is 5.88. The van der Waals surface area contributed by atoms with Crippen LogP contribution in [-0.4, -0.2) is 41.3 Å². The molecule has 0 aliphatic carbocycles. The van der Waals surface area contributed by atoms with E-state index >= 15 is 0 Å². The van der Waals surface area contributed by atoms with Gasteiger partial charge in [0.2, 0.25) is 0 Å². The van der Waals surface area contributed by atoms with Crippen molar-refractivity contribution in [1.29, 1.82) is 0 Å². The molecule has 0 N–H and O–H groups in total. The van der Waals surface area contributed by atoms with E-state index in [-0.39, 0.29) is 0 Å². The fraction of sp³-hybridized carbons (Fsp3) is 0.600. The fourth-order valence-electron chi connectivity index (χ4n) is 4.41. The highest BCUT2D eigenvalue weighted by atomic mass is 16.3. The first-order valence-corrected chi connectivity index (χ1v) is 9.37. The summed E-state index contributed by atoms with van der Waals surface area (Å²) in [4.78, 5) is 4.99. The molecule has 0 saturated carbocycles. The molecule has 2 aliphatic heterocycles. The number of hydrogen-bond acceptors (Lipinski definition) is 5. The molecule has 5 heteroatoms. The number of piperidine rings is 1. The second-order valence-electron chi connectivity index (χ2n) is 7.97. The first-order chi connectivity index (χ1) is 12.0. The molecule has 4 rings (SSSR count). The lowest BCUT2D eigenvalue weighted by molar-refractivity contribution is 0.208. The van der Waals surface area contributed by atoms with Gasteiger partial charge in [0.15, 0.2) is 5.82 Å². The Hall–Kier alpha value is -1.88. The average molecular weight is 340 g/mol. The second-order valence-corrected chi connectivity index (χ2v) is 7.97. The number of anilines is 1. The largest absolute Gasteiger partial charge is 0.465 e. The second kappa shape index (κ2) is 6.45. The fourth-order valence-corrected chi connectivity index (χ4v) is 4.41. The minimum atomic E-state index is 0.390. The van der Waals surface area contributed by atoms with Crippen molar-refractivity contribution in [1.82, 2.24) is 15.1 Å². The highest BCUT2D eigenvalue weighted by Gasteiger charge is 2.41. The smallest absolute Gasteiger partial charge is 0.151 e. The molecule has 2 aromatic heterocycles. The van der Waals surface area contributed by atoms with Gasteiger partial charge in [-0.2, -0.15) is 5.10 Å². The van der Waals surface area contributed by atoms with Gasteiger partial charge < -0.3 is 9.32 Å². The van der Waals surface area contributed by atoms with Crippen molar-refractivity contribution in [3.05, 3.63) is 41.0 Å². The molecule has 25 heavy (non-hydrogen) atoms. The van der Waals surface area contributed by atoms with Gasteiger partial charge in [-0.1, -0.05) is 0 Å². The number of rotatable bonds is 3. The zero-order chi connectivity index (χ0) is 17.4. The Morgan fingerprint density at radius 2 is 1.96 bits per heavy atom. The summed E-state index contributed by atoms with van der Waals surface area (Å²) in [7, 11) is 0. The van der Waals surface area contributed by atoms with Crippen LogP contribution in [0, 0.1) is 26.2 Å². The average Bonchev–Trinajstić information content (AvgIpc) is 3.11. The van der Waals surface area contributed by atoms with Crippen molar-refractivity contribution in [2.24, 2.45) is 5.41 Å². The van der Waals surface area contributed by atoms with Crippen LogP contribution in [0.2, 0.25) is 0 Å². The first kappa shape index (κ1) is 16.6. The van der Waals surface area contributed by atoms with E-state index in [4.69, 9.17) is 4.42 Å². The summed E-state index contributed by atoms with van der Waals surface area (Å²) in [5, 5.41) is 8.64. The van der Waals surface area contributed by atoms with Gasteiger partial charge in [0.25, 0.3) is 0 Å². The van der Waals surface area contributed by atoms with Gasteiger partial charge in [-0.05, 0) is 70.3 Å². The summed E-state index contributed by atoms with van der Waals surface area (Å²) in [6.07, 6.45) is 3.82. The van der Waals surface area contributed by atoms with Crippen LogP contribution in [0.25, 0.3) is 0 Å². The van der Waals surface area contributed by atoms with Crippen molar-refractivity contribution >= 4 is 5.82 Å². The number of nitrogens with zero attached hydrogens (tertiary/aromatic N) is 4. The molecular formula is C20H28N4O. The van der Waals surface area contributed by atoms with E-state index in [0.717, 1.165) is 55.8 Å². The summed E-state index contributed by atoms with van der Waals surface area (Å²) in [6.45, 7) is 11.6. The number of likely N-dealkylation sites (tertiary alicyclic amines) is 1. The topological polar surface area (TPSA) is 45.4 Å². The molecule has 0 radical (unpaired) electrons. The zero-order valence-corrected chi connectivity index (χ0v) is 15.6. The van der Waals surface area contributed by atoms with Crippen LogP contribution in [0.3, 0.4) is 0 Å². The maximum Gasteiger partial charge on any atom is 0.151 e. The molecule has 2 aliphatic rings. The first-order valence-electron chi connectivity index (χ1n) is 9.37. The quantitative estimate of drug-likeness (QED) is 0.856. The number of aromatic nitrogens is 2. The summed E-state index contributed by atoms with van der Waals surface area (Å²) in [6, 6.07) is 6.37. The Morgan fingerprint density at radius 1 is 1.08 bits per heavy atom. The Kier molecular flexibility index (Phi) is 4.28. The van der Waals surface area contributed by atoms with Crippen LogP contribution in [-0.2, 0) is 6.54 Å². The van der Waals surface area contributed by atoms with Gasteiger partial charge in [-0.25, -0.2) is 0 Å². The summed E-state index contributed by atoms with van der Waals surface area (Å²) >= 11 is 0. The van der Waals surface area contributed by atoms with Gasteiger partial charge in [0.05, 0.1) is 12.2 Å². The molecule has 134 valence electrons. The normalized spacial score (nSPS) is 24.4. The Labute approximate surface area is 150 Å². The van der Waals surface area contributed by atoms with E-state index < -0.39 is 0 Å². The Morgan fingerprint density at radius 3 is 2.68 bits per heavy atom. The molecule has 2 aromatic rings. The SMILES string of the molecule is Cc1ccc(N2CCCC3(CCN(Cc4cc(C)c(C)o4)C3)C2)nn1. The van der Waals surface area contributed by atoms with E-state index in [2.05, 4.69) is 45.1 Å². The molecule has 2 fully saturated rings. The lowest BCUT2D eigenvalue weighted by Crippen LogP contribution is -2.45. The third-order valence-corrected chi connectivity index (χ3v) is 5.88. The summed E-state index contributed by atoms with van der Waals surface area (Å²) in [5.41, 5.74) is 2.62. The minimum absolute atomic E-state index is 0.390. The molecule has 1 atom stereocenters. The van der Waals surface area contributed by atoms with Crippen molar-refractivity contribution in [3.8, 4) is 0 Å². The molecule has 0 aromatic carbocycles. The van der Waals surface area contributed by atoms with Crippen LogP contribution in [0.15, 0.2) is 22.6 Å². The minimum Gasteiger partial charge on any atom is -0.465 e. The predicted octanol–water partition coefficient (Wildman–Crippen LogP) is 3.49. The molecule has 0 bridgehead atoms. The Balaban J connectivity index is 1.42. The molecule has 4 heterocycles. The van der Waals surface area contributed by atoms with Gasteiger partial charge in [-0.15, -0.1) is 5.10 Å². The van der Waals surface area contributed by atoms with E-state index in [0.29, 0.717) is 5.41 Å². The highest BCUT2D eigenvalue weighted by Crippen LogP contribution is 2.40. The molecule has 5 nitrogen and oxygen atoms in total. The van der Waals surface area contributed by atoms with Gasteiger partial charge in [0, 0.05) is 25.0 Å². The maximum absolute atomic E-state index is 5.88.